The number of nitrogens with one attached hydrogen (secondary N) is 2. The summed E-state index contributed by atoms with van der Waals surface area (Å²) in [6, 6.07) is 5.62. The van der Waals surface area contributed by atoms with E-state index in [-0.39, 0.29) is 5.91 Å². The summed E-state index contributed by atoms with van der Waals surface area (Å²) >= 11 is 0. The summed E-state index contributed by atoms with van der Waals surface area (Å²) in [6.45, 7) is 1.29. The van der Waals surface area contributed by atoms with E-state index in [2.05, 4.69) is 10.6 Å². The number of para-hydroxylation sites is 1. The zero-order valence-corrected chi connectivity index (χ0v) is 11.8. The number of carbonyl (C=O) groups is 1. The van der Waals surface area contributed by atoms with Crippen LogP contribution in [0, 0.1) is 0 Å². The van der Waals surface area contributed by atoms with Gasteiger partial charge in [0.1, 0.15) is 0 Å². The molecule has 0 atom stereocenters. The van der Waals surface area contributed by atoms with Gasteiger partial charge in [0, 0.05) is 18.5 Å². The smallest absolute Gasteiger partial charge is 0.220 e. The van der Waals surface area contributed by atoms with Crippen molar-refractivity contribution in [1.82, 2.24) is 10.6 Å². The van der Waals surface area contributed by atoms with Gasteiger partial charge in [-0.05, 0) is 26.1 Å². The maximum absolute atomic E-state index is 11.6. The fourth-order valence-corrected chi connectivity index (χ4v) is 1.80. The van der Waals surface area contributed by atoms with Crippen molar-refractivity contribution in [3.63, 3.8) is 0 Å². The van der Waals surface area contributed by atoms with Crippen LogP contribution in [0.1, 0.15) is 18.4 Å². The highest BCUT2D eigenvalue weighted by Crippen LogP contribution is 2.30. The van der Waals surface area contributed by atoms with Crippen molar-refractivity contribution in [2.24, 2.45) is 0 Å². The highest BCUT2D eigenvalue weighted by atomic mass is 16.5. The molecule has 1 amide bonds. The molecule has 5 nitrogen and oxygen atoms in total. The van der Waals surface area contributed by atoms with E-state index in [1.54, 1.807) is 14.2 Å². The molecule has 19 heavy (non-hydrogen) atoms. The summed E-state index contributed by atoms with van der Waals surface area (Å²) in [5.41, 5.74) is 0.906. The number of methoxy groups -OCH3 is 2. The minimum Gasteiger partial charge on any atom is -0.493 e. The van der Waals surface area contributed by atoms with Gasteiger partial charge < -0.3 is 20.1 Å². The van der Waals surface area contributed by atoms with E-state index in [1.807, 2.05) is 25.2 Å². The predicted molar refractivity (Wildman–Crippen MR) is 74.6 cm³/mol. The molecular weight excluding hydrogens is 244 g/mol. The largest absolute Gasteiger partial charge is 0.493 e. The van der Waals surface area contributed by atoms with Crippen LogP contribution in [0.5, 0.6) is 11.5 Å². The van der Waals surface area contributed by atoms with Crippen LogP contribution in [0.4, 0.5) is 0 Å². The molecule has 0 radical (unpaired) electrons. The lowest BCUT2D eigenvalue weighted by Crippen LogP contribution is -2.24. The van der Waals surface area contributed by atoms with E-state index in [1.165, 1.54) is 0 Å². The average molecular weight is 266 g/mol. The number of carbonyl (C=O) groups excluding carboxylic acids is 1. The normalized spacial score (nSPS) is 10.1. The Kier molecular flexibility index (Phi) is 6.74. The molecule has 0 spiro atoms. The molecule has 0 aromatic heterocycles. The number of rotatable bonds is 8. The van der Waals surface area contributed by atoms with Crippen LogP contribution in [0.25, 0.3) is 0 Å². The fraction of sp³-hybridized carbons (Fsp3) is 0.500. The Balaban J connectivity index is 2.55. The van der Waals surface area contributed by atoms with Gasteiger partial charge in [-0.2, -0.15) is 0 Å². The molecule has 0 bridgehead atoms. The van der Waals surface area contributed by atoms with Crippen molar-refractivity contribution >= 4 is 5.91 Å². The van der Waals surface area contributed by atoms with E-state index in [9.17, 15) is 4.79 Å². The molecule has 5 heteroatoms. The average Bonchev–Trinajstić information content (AvgIpc) is 2.44. The molecule has 0 heterocycles. The number of amides is 1. The molecule has 1 aromatic rings. The first-order chi connectivity index (χ1) is 9.22. The molecule has 1 rings (SSSR count). The Labute approximate surface area is 114 Å². The number of ether oxygens (including phenoxy) is 2. The molecule has 0 aliphatic carbocycles. The van der Waals surface area contributed by atoms with Gasteiger partial charge in [-0.25, -0.2) is 0 Å². The van der Waals surface area contributed by atoms with Crippen LogP contribution < -0.4 is 20.1 Å². The number of hydrogen-bond donors (Lipinski definition) is 2. The summed E-state index contributed by atoms with van der Waals surface area (Å²) in [6.07, 6.45) is 1.35. The van der Waals surface area contributed by atoms with Crippen molar-refractivity contribution in [3.8, 4) is 11.5 Å². The maximum atomic E-state index is 11.6. The first kappa shape index (κ1) is 15.3. The van der Waals surface area contributed by atoms with Gasteiger partial charge in [-0.3, -0.25) is 4.79 Å². The maximum Gasteiger partial charge on any atom is 0.220 e. The van der Waals surface area contributed by atoms with E-state index in [0.29, 0.717) is 24.5 Å². The molecule has 1 aromatic carbocycles. The second-order valence-electron chi connectivity index (χ2n) is 4.14. The summed E-state index contributed by atoms with van der Waals surface area (Å²) in [5, 5.41) is 5.90. The van der Waals surface area contributed by atoms with Crippen molar-refractivity contribution in [2.75, 3.05) is 27.8 Å². The molecule has 106 valence electrons. The van der Waals surface area contributed by atoms with Gasteiger partial charge >= 0.3 is 0 Å². The first-order valence-electron chi connectivity index (χ1n) is 6.34. The summed E-state index contributed by atoms with van der Waals surface area (Å²) in [5.74, 6) is 1.38. The second kappa shape index (κ2) is 8.37. The monoisotopic (exact) mass is 266 g/mol. The molecule has 0 aliphatic rings. The third-order valence-electron chi connectivity index (χ3n) is 2.79. The zero-order chi connectivity index (χ0) is 14.1. The van der Waals surface area contributed by atoms with Crippen LogP contribution in [0.15, 0.2) is 18.2 Å². The first-order valence-corrected chi connectivity index (χ1v) is 6.34. The molecule has 0 aliphatic heterocycles. The standard InChI is InChI=1S/C14H22N2O3/c1-15-9-5-8-13(17)16-10-11-6-4-7-12(18-2)14(11)19-3/h4,6-7,15H,5,8-10H2,1-3H3,(H,16,17). The lowest BCUT2D eigenvalue weighted by Gasteiger charge is -2.13. The van der Waals surface area contributed by atoms with Gasteiger partial charge in [-0.1, -0.05) is 12.1 Å². The highest BCUT2D eigenvalue weighted by Gasteiger charge is 2.10. The summed E-state index contributed by atoms with van der Waals surface area (Å²) in [4.78, 5) is 11.6. The number of benzene rings is 1. The van der Waals surface area contributed by atoms with E-state index < -0.39 is 0 Å². The Morgan fingerprint density at radius 3 is 2.68 bits per heavy atom. The van der Waals surface area contributed by atoms with Gasteiger partial charge in [-0.15, -0.1) is 0 Å². The number of hydrogen-bond acceptors (Lipinski definition) is 4. The minimum absolute atomic E-state index is 0.0418. The third kappa shape index (κ3) is 4.79. The predicted octanol–water partition coefficient (Wildman–Crippen LogP) is 1.32. The minimum atomic E-state index is 0.0418. The Morgan fingerprint density at radius 1 is 1.26 bits per heavy atom. The van der Waals surface area contributed by atoms with Crippen molar-refractivity contribution < 1.29 is 14.3 Å². The molecule has 0 unspecified atom stereocenters. The van der Waals surface area contributed by atoms with Gasteiger partial charge in [0.2, 0.25) is 5.91 Å². The molecule has 0 saturated heterocycles. The summed E-state index contributed by atoms with van der Waals surface area (Å²) in [7, 11) is 5.06. The second-order valence-corrected chi connectivity index (χ2v) is 4.14. The molecular formula is C14H22N2O3. The van der Waals surface area contributed by atoms with E-state index in [0.717, 1.165) is 18.5 Å². The lowest BCUT2D eigenvalue weighted by atomic mass is 10.1. The van der Waals surface area contributed by atoms with Crippen LogP contribution in [0.3, 0.4) is 0 Å². The SMILES string of the molecule is CNCCCC(=O)NCc1cccc(OC)c1OC. The topological polar surface area (TPSA) is 59.6 Å². The molecule has 2 N–H and O–H groups in total. The van der Waals surface area contributed by atoms with Crippen molar-refractivity contribution in [2.45, 2.75) is 19.4 Å². The van der Waals surface area contributed by atoms with Crippen molar-refractivity contribution in [1.29, 1.82) is 0 Å². The van der Waals surface area contributed by atoms with Crippen LogP contribution >= 0.6 is 0 Å². The molecule has 0 fully saturated rings. The Hall–Kier alpha value is -1.75. The van der Waals surface area contributed by atoms with Gasteiger partial charge in [0.05, 0.1) is 14.2 Å². The van der Waals surface area contributed by atoms with Crippen molar-refractivity contribution in [3.05, 3.63) is 23.8 Å². The van der Waals surface area contributed by atoms with E-state index in [4.69, 9.17) is 9.47 Å². The Bertz CT molecular complexity index is 408. The van der Waals surface area contributed by atoms with Gasteiger partial charge in [0.25, 0.3) is 0 Å². The van der Waals surface area contributed by atoms with E-state index >= 15 is 0 Å². The highest BCUT2D eigenvalue weighted by molar-refractivity contribution is 5.76. The fourth-order valence-electron chi connectivity index (χ4n) is 1.80. The van der Waals surface area contributed by atoms with Gasteiger partial charge in [0.15, 0.2) is 11.5 Å². The third-order valence-corrected chi connectivity index (χ3v) is 2.79. The van der Waals surface area contributed by atoms with Crippen LogP contribution in [0.2, 0.25) is 0 Å². The van der Waals surface area contributed by atoms with Crippen LogP contribution in [-0.2, 0) is 11.3 Å². The summed E-state index contributed by atoms with van der Waals surface area (Å²) < 4.78 is 10.5. The Morgan fingerprint density at radius 2 is 2.05 bits per heavy atom. The van der Waals surface area contributed by atoms with Crippen LogP contribution in [-0.4, -0.2) is 33.7 Å². The lowest BCUT2D eigenvalue weighted by molar-refractivity contribution is -0.121. The zero-order valence-electron chi connectivity index (χ0n) is 11.8. The molecule has 0 saturated carbocycles. The quantitative estimate of drug-likeness (QED) is 0.697.